The maximum absolute atomic E-state index is 14.4. The van der Waals surface area contributed by atoms with Gasteiger partial charge >= 0.3 is 6.18 Å². The second-order valence-electron chi connectivity index (χ2n) is 6.02. The first-order valence-electron chi connectivity index (χ1n) is 7.99. The zero-order valence-corrected chi connectivity index (χ0v) is 14.2. The van der Waals surface area contributed by atoms with Crippen molar-refractivity contribution in [3.63, 3.8) is 0 Å². The lowest BCUT2D eigenvalue weighted by atomic mass is 10.0. The molecule has 0 saturated carbocycles. The summed E-state index contributed by atoms with van der Waals surface area (Å²) in [7, 11) is 0. The van der Waals surface area contributed by atoms with Gasteiger partial charge in [-0.2, -0.15) is 13.2 Å². The molecule has 3 aromatic rings. The Morgan fingerprint density at radius 1 is 0.852 bits per heavy atom. The fourth-order valence-corrected chi connectivity index (χ4v) is 2.57. The van der Waals surface area contributed by atoms with Crippen molar-refractivity contribution in [2.45, 2.75) is 13.1 Å². The third kappa shape index (κ3) is 4.53. The van der Waals surface area contributed by atoms with Gasteiger partial charge in [-0.15, -0.1) is 0 Å². The third-order valence-electron chi connectivity index (χ3n) is 3.93. The predicted molar refractivity (Wildman–Crippen MR) is 96.9 cm³/mol. The number of halogens is 5. The Labute approximate surface area is 152 Å². The molecule has 0 radical (unpaired) electrons. The van der Waals surface area contributed by atoms with E-state index in [1.54, 1.807) is 24.1 Å². The normalized spacial score (nSPS) is 11.6. The smallest absolute Gasteiger partial charge is 0.205 e. The van der Waals surface area contributed by atoms with Gasteiger partial charge in [0.1, 0.15) is 11.6 Å². The van der Waals surface area contributed by atoms with Crippen molar-refractivity contribution in [3.8, 4) is 11.8 Å². The molecule has 0 aliphatic carbocycles. The van der Waals surface area contributed by atoms with Crippen LogP contribution in [0.1, 0.15) is 22.3 Å². The molecule has 0 aliphatic heterocycles. The van der Waals surface area contributed by atoms with Crippen LogP contribution in [0.5, 0.6) is 0 Å². The summed E-state index contributed by atoms with van der Waals surface area (Å²) < 4.78 is 65.0. The van der Waals surface area contributed by atoms with E-state index >= 15 is 0 Å². The van der Waals surface area contributed by atoms with Gasteiger partial charge in [-0.05, 0) is 35.6 Å². The van der Waals surface area contributed by atoms with E-state index in [-0.39, 0.29) is 10.8 Å². The zero-order valence-electron chi connectivity index (χ0n) is 14.2. The van der Waals surface area contributed by atoms with Crippen LogP contribution in [0.4, 0.5) is 22.0 Å². The molecule has 136 valence electrons. The van der Waals surface area contributed by atoms with Crippen LogP contribution >= 0.6 is 0 Å². The van der Waals surface area contributed by atoms with Crippen molar-refractivity contribution in [1.29, 1.82) is 0 Å². The molecule has 3 aromatic carbocycles. The van der Waals surface area contributed by atoms with Gasteiger partial charge in [0.05, 0.1) is 5.56 Å². The summed E-state index contributed by atoms with van der Waals surface area (Å²) in [4.78, 5) is 0. The average Bonchev–Trinajstić information content (AvgIpc) is 2.60. The van der Waals surface area contributed by atoms with Gasteiger partial charge < -0.3 is 0 Å². The second-order valence-corrected chi connectivity index (χ2v) is 6.02. The van der Waals surface area contributed by atoms with Gasteiger partial charge in [-0.1, -0.05) is 60.0 Å². The summed E-state index contributed by atoms with van der Waals surface area (Å²) >= 11 is 0. The molecule has 0 nitrogen and oxygen atoms in total. The summed E-state index contributed by atoms with van der Waals surface area (Å²) in [5.74, 6) is 0.208. The van der Waals surface area contributed by atoms with E-state index in [1.807, 2.05) is 37.3 Å². The van der Waals surface area contributed by atoms with Crippen molar-refractivity contribution >= 4 is 22.9 Å². The summed E-state index contributed by atoms with van der Waals surface area (Å²) in [5, 5.41) is 0.254. The molecular formula is C22H13F5. The Morgan fingerprint density at radius 2 is 1.48 bits per heavy atom. The SMILES string of the molecule is Cc1ccc(/C=C/c2ccc3c(F)c(C#CC(F)(F)F)c(F)cc3c2)cc1. The van der Waals surface area contributed by atoms with Gasteiger partial charge in [0, 0.05) is 11.3 Å². The van der Waals surface area contributed by atoms with Crippen LogP contribution < -0.4 is 0 Å². The number of rotatable bonds is 2. The van der Waals surface area contributed by atoms with Gasteiger partial charge in [-0.3, -0.25) is 0 Å². The molecule has 0 amide bonds. The first-order valence-corrected chi connectivity index (χ1v) is 7.99. The lowest BCUT2D eigenvalue weighted by Crippen LogP contribution is -2.02. The fourth-order valence-electron chi connectivity index (χ4n) is 2.57. The average molecular weight is 372 g/mol. The van der Waals surface area contributed by atoms with E-state index in [2.05, 4.69) is 0 Å². The number of hydrogen-bond donors (Lipinski definition) is 0. The molecule has 3 rings (SSSR count). The van der Waals surface area contributed by atoms with Crippen LogP contribution in [-0.2, 0) is 0 Å². The molecule has 0 saturated heterocycles. The van der Waals surface area contributed by atoms with Crippen LogP contribution in [0.3, 0.4) is 0 Å². The Kier molecular flexibility index (Phi) is 5.00. The van der Waals surface area contributed by atoms with E-state index < -0.39 is 23.4 Å². The number of hydrogen-bond acceptors (Lipinski definition) is 0. The molecule has 0 fully saturated rings. The van der Waals surface area contributed by atoms with Crippen LogP contribution in [0.15, 0.2) is 48.5 Å². The minimum Gasteiger partial charge on any atom is -0.205 e. The minimum absolute atomic E-state index is 0.00959. The van der Waals surface area contributed by atoms with Crippen molar-refractivity contribution in [3.05, 3.63) is 82.4 Å². The largest absolute Gasteiger partial charge is 0.458 e. The third-order valence-corrected chi connectivity index (χ3v) is 3.93. The molecule has 27 heavy (non-hydrogen) atoms. The molecule has 5 heteroatoms. The van der Waals surface area contributed by atoms with Crippen molar-refractivity contribution in [2.75, 3.05) is 0 Å². The van der Waals surface area contributed by atoms with Crippen molar-refractivity contribution in [1.82, 2.24) is 0 Å². The van der Waals surface area contributed by atoms with E-state index in [0.717, 1.165) is 23.1 Å². The monoisotopic (exact) mass is 372 g/mol. The molecule has 0 bridgehead atoms. The van der Waals surface area contributed by atoms with Crippen LogP contribution in [-0.4, -0.2) is 6.18 Å². The number of fused-ring (bicyclic) bond motifs is 1. The van der Waals surface area contributed by atoms with E-state index in [0.29, 0.717) is 5.56 Å². The molecule has 0 aromatic heterocycles. The summed E-state index contributed by atoms with van der Waals surface area (Å²) in [6.07, 6.45) is -1.17. The molecule has 0 unspecified atom stereocenters. The highest BCUT2D eigenvalue weighted by Crippen LogP contribution is 2.26. The lowest BCUT2D eigenvalue weighted by Gasteiger charge is -2.05. The fraction of sp³-hybridized carbons (Fsp3) is 0.0909. The topological polar surface area (TPSA) is 0 Å². The highest BCUT2D eigenvalue weighted by atomic mass is 19.4. The highest BCUT2D eigenvalue weighted by molar-refractivity contribution is 5.88. The number of benzene rings is 3. The first-order chi connectivity index (χ1) is 12.7. The van der Waals surface area contributed by atoms with Gasteiger partial charge in [0.25, 0.3) is 0 Å². The predicted octanol–water partition coefficient (Wildman–Crippen LogP) is 6.51. The molecular weight excluding hydrogens is 359 g/mol. The molecule has 0 spiro atoms. The van der Waals surface area contributed by atoms with Gasteiger partial charge in [-0.25, -0.2) is 8.78 Å². The van der Waals surface area contributed by atoms with Gasteiger partial charge in [0.15, 0.2) is 0 Å². The van der Waals surface area contributed by atoms with Crippen molar-refractivity contribution < 1.29 is 22.0 Å². The van der Waals surface area contributed by atoms with Crippen molar-refractivity contribution in [2.24, 2.45) is 0 Å². The highest BCUT2D eigenvalue weighted by Gasteiger charge is 2.23. The lowest BCUT2D eigenvalue weighted by molar-refractivity contribution is -0.0696. The number of alkyl halides is 3. The molecule has 0 N–H and O–H groups in total. The van der Waals surface area contributed by atoms with E-state index in [4.69, 9.17) is 0 Å². The number of aryl methyl sites for hydroxylation is 1. The maximum Gasteiger partial charge on any atom is 0.458 e. The molecule has 0 heterocycles. The standard InChI is InChI=1S/C22H13F5/c1-14-2-4-15(5-3-14)6-7-16-8-9-18-17(12-16)13-20(23)19(21(18)24)10-11-22(25,26)27/h2-9,12-13H,1H3/b7-6+. The molecule has 0 aliphatic rings. The zero-order chi connectivity index (χ0) is 19.6. The van der Waals surface area contributed by atoms with E-state index in [1.165, 1.54) is 6.07 Å². The Bertz CT molecular complexity index is 1080. The molecule has 0 atom stereocenters. The van der Waals surface area contributed by atoms with Crippen LogP contribution in [0, 0.1) is 30.4 Å². The summed E-state index contributed by atoms with van der Waals surface area (Å²) in [5.41, 5.74) is 1.92. The summed E-state index contributed by atoms with van der Waals surface area (Å²) in [6.45, 7) is 1.98. The minimum atomic E-state index is -4.82. The maximum atomic E-state index is 14.4. The second kappa shape index (κ2) is 7.24. The first kappa shape index (κ1) is 18.7. The van der Waals surface area contributed by atoms with Crippen LogP contribution in [0.25, 0.3) is 22.9 Å². The Balaban J connectivity index is 1.98. The Morgan fingerprint density at radius 3 is 2.15 bits per heavy atom. The van der Waals surface area contributed by atoms with Gasteiger partial charge in [0.2, 0.25) is 0 Å². The summed E-state index contributed by atoms with van der Waals surface area (Å²) in [6, 6.07) is 13.4. The van der Waals surface area contributed by atoms with Crippen LogP contribution in [0.2, 0.25) is 0 Å². The Hall–Kier alpha value is -3.13. The van der Waals surface area contributed by atoms with E-state index in [9.17, 15) is 22.0 Å². The quantitative estimate of drug-likeness (QED) is 0.273.